The lowest BCUT2D eigenvalue weighted by atomic mass is 10.3. The number of carbonyl (C=O) groups excluding carboxylic acids is 2. The number of hydrogen-bond donors (Lipinski definition) is 3. The molecule has 34 heavy (non-hydrogen) atoms. The standard InChI is InChI=1S/C24H25N3O5S2/c1-16(33-22-12-6-18(7-13-22)25-17(2)28)24(29)26-19-8-14-23(15-9-19)34(30,31)27-20-4-10-21(32-3)11-5-20/h4-16,27H,1-3H3,(H,25,28)(H,26,29)/t16-/m0/s1. The maximum absolute atomic E-state index is 12.6. The molecule has 3 aromatic carbocycles. The predicted molar refractivity (Wildman–Crippen MR) is 135 cm³/mol. The predicted octanol–water partition coefficient (Wildman–Crippen LogP) is 4.57. The van der Waals surface area contributed by atoms with Gasteiger partial charge in [-0.1, -0.05) is 0 Å². The summed E-state index contributed by atoms with van der Waals surface area (Å²) >= 11 is 1.37. The Kier molecular flexibility index (Phi) is 8.19. The van der Waals surface area contributed by atoms with Gasteiger partial charge >= 0.3 is 0 Å². The second-order valence-electron chi connectivity index (χ2n) is 7.31. The molecule has 3 N–H and O–H groups in total. The summed E-state index contributed by atoms with van der Waals surface area (Å²) in [6.45, 7) is 3.22. The Balaban J connectivity index is 1.58. The highest BCUT2D eigenvalue weighted by molar-refractivity contribution is 8.00. The van der Waals surface area contributed by atoms with E-state index in [4.69, 9.17) is 4.74 Å². The van der Waals surface area contributed by atoms with Crippen molar-refractivity contribution in [2.75, 3.05) is 22.5 Å². The number of rotatable bonds is 9. The molecule has 0 unspecified atom stereocenters. The molecule has 0 spiro atoms. The minimum absolute atomic E-state index is 0.0722. The van der Waals surface area contributed by atoms with Crippen LogP contribution >= 0.6 is 11.8 Å². The summed E-state index contributed by atoms with van der Waals surface area (Å²) in [5.41, 5.74) is 1.58. The zero-order valence-electron chi connectivity index (χ0n) is 18.9. The van der Waals surface area contributed by atoms with Crippen molar-refractivity contribution in [1.29, 1.82) is 0 Å². The van der Waals surface area contributed by atoms with Gasteiger partial charge in [0.05, 0.1) is 17.3 Å². The first kappa shape index (κ1) is 25.1. The largest absolute Gasteiger partial charge is 0.497 e. The van der Waals surface area contributed by atoms with Gasteiger partial charge in [-0.25, -0.2) is 8.42 Å². The Morgan fingerprint density at radius 1 is 0.824 bits per heavy atom. The van der Waals surface area contributed by atoms with Gasteiger partial charge in [0.15, 0.2) is 0 Å². The molecule has 0 fully saturated rings. The van der Waals surface area contributed by atoms with Gasteiger partial charge in [0, 0.05) is 28.9 Å². The number of carbonyl (C=O) groups is 2. The van der Waals surface area contributed by atoms with Gasteiger partial charge in [0.25, 0.3) is 10.0 Å². The van der Waals surface area contributed by atoms with Gasteiger partial charge in [-0.05, 0) is 79.7 Å². The smallest absolute Gasteiger partial charge is 0.261 e. The lowest BCUT2D eigenvalue weighted by molar-refractivity contribution is -0.115. The number of anilines is 3. The molecule has 0 radical (unpaired) electrons. The monoisotopic (exact) mass is 499 g/mol. The maximum Gasteiger partial charge on any atom is 0.261 e. The molecular weight excluding hydrogens is 474 g/mol. The molecule has 0 bridgehead atoms. The van der Waals surface area contributed by atoms with E-state index >= 15 is 0 Å². The second kappa shape index (κ2) is 11.1. The van der Waals surface area contributed by atoms with E-state index in [0.717, 1.165) is 4.90 Å². The zero-order chi connectivity index (χ0) is 24.7. The van der Waals surface area contributed by atoms with E-state index in [1.165, 1.54) is 37.9 Å². The maximum atomic E-state index is 12.6. The summed E-state index contributed by atoms with van der Waals surface area (Å²) < 4.78 is 32.8. The van der Waals surface area contributed by atoms with Crippen LogP contribution < -0.4 is 20.1 Å². The molecule has 0 aromatic heterocycles. The van der Waals surface area contributed by atoms with Gasteiger partial charge in [0.2, 0.25) is 11.8 Å². The Labute approximate surface area is 203 Å². The molecule has 3 aromatic rings. The fourth-order valence-electron chi connectivity index (χ4n) is 2.91. The van der Waals surface area contributed by atoms with E-state index in [9.17, 15) is 18.0 Å². The van der Waals surface area contributed by atoms with Gasteiger partial charge in [0.1, 0.15) is 5.75 Å². The lowest BCUT2D eigenvalue weighted by Crippen LogP contribution is -2.22. The fraction of sp³-hybridized carbons (Fsp3) is 0.167. The number of benzene rings is 3. The fourth-order valence-corrected chi connectivity index (χ4v) is 4.84. The molecule has 178 valence electrons. The van der Waals surface area contributed by atoms with Crippen LogP contribution in [-0.2, 0) is 19.6 Å². The van der Waals surface area contributed by atoms with Crippen LogP contribution in [0.5, 0.6) is 5.75 Å². The van der Waals surface area contributed by atoms with Crippen molar-refractivity contribution < 1.29 is 22.7 Å². The van der Waals surface area contributed by atoms with Gasteiger partial charge in [-0.15, -0.1) is 11.8 Å². The van der Waals surface area contributed by atoms with Gasteiger partial charge < -0.3 is 15.4 Å². The average Bonchev–Trinajstić information content (AvgIpc) is 2.80. The van der Waals surface area contributed by atoms with E-state index in [1.807, 2.05) is 12.1 Å². The van der Waals surface area contributed by atoms with Crippen molar-refractivity contribution >= 4 is 50.7 Å². The Hall–Kier alpha value is -3.50. The van der Waals surface area contributed by atoms with E-state index in [-0.39, 0.29) is 16.7 Å². The first-order valence-electron chi connectivity index (χ1n) is 10.3. The van der Waals surface area contributed by atoms with E-state index < -0.39 is 15.3 Å². The number of hydrogen-bond acceptors (Lipinski definition) is 6. The highest BCUT2D eigenvalue weighted by atomic mass is 32.2. The van der Waals surface area contributed by atoms with Crippen molar-refractivity contribution in [1.82, 2.24) is 0 Å². The summed E-state index contributed by atoms with van der Waals surface area (Å²) in [6.07, 6.45) is 0. The van der Waals surface area contributed by atoms with Crippen LogP contribution in [0.3, 0.4) is 0 Å². The van der Waals surface area contributed by atoms with Crippen LogP contribution in [0.4, 0.5) is 17.1 Å². The van der Waals surface area contributed by atoms with Crippen LogP contribution in [0.25, 0.3) is 0 Å². The van der Waals surface area contributed by atoms with Crippen molar-refractivity contribution in [3.63, 3.8) is 0 Å². The summed E-state index contributed by atoms with van der Waals surface area (Å²) in [4.78, 5) is 24.6. The van der Waals surface area contributed by atoms with Gasteiger partial charge in [-0.3, -0.25) is 14.3 Å². The third-order valence-electron chi connectivity index (χ3n) is 4.63. The molecule has 0 saturated heterocycles. The SMILES string of the molecule is COc1ccc(NS(=O)(=O)c2ccc(NC(=O)[C@H](C)Sc3ccc(NC(C)=O)cc3)cc2)cc1. The second-order valence-corrected chi connectivity index (χ2v) is 10.4. The topological polar surface area (TPSA) is 114 Å². The number of ether oxygens (including phenoxy) is 1. The normalized spacial score (nSPS) is 11.9. The molecule has 0 aliphatic heterocycles. The molecule has 2 amide bonds. The number of methoxy groups -OCH3 is 1. The lowest BCUT2D eigenvalue weighted by Gasteiger charge is -2.13. The van der Waals surface area contributed by atoms with Crippen LogP contribution in [0.2, 0.25) is 0 Å². The number of amides is 2. The highest BCUT2D eigenvalue weighted by Gasteiger charge is 2.17. The average molecular weight is 500 g/mol. The van der Waals surface area contributed by atoms with Crippen LogP contribution in [0, 0.1) is 0 Å². The number of sulfonamides is 1. The zero-order valence-corrected chi connectivity index (χ0v) is 20.5. The molecule has 0 aliphatic carbocycles. The van der Waals surface area contributed by atoms with Crippen LogP contribution in [0.15, 0.2) is 82.6 Å². The van der Waals surface area contributed by atoms with E-state index in [0.29, 0.717) is 22.8 Å². The molecule has 0 saturated carbocycles. The third-order valence-corrected chi connectivity index (χ3v) is 7.14. The number of thioether (sulfide) groups is 1. The van der Waals surface area contributed by atoms with E-state index in [2.05, 4.69) is 15.4 Å². The minimum atomic E-state index is -3.78. The van der Waals surface area contributed by atoms with Crippen molar-refractivity contribution in [2.24, 2.45) is 0 Å². The Morgan fingerprint density at radius 3 is 1.91 bits per heavy atom. The molecule has 8 nitrogen and oxygen atoms in total. The molecule has 0 heterocycles. The quantitative estimate of drug-likeness (QED) is 0.372. The molecule has 0 aliphatic rings. The summed E-state index contributed by atoms with van der Waals surface area (Å²) in [5.74, 6) is 0.254. The summed E-state index contributed by atoms with van der Waals surface area (Å²) in [7, 11) is -2.25. The number of nitrogens with one attached hydrogen (secondary N) is 3. The Morgan fingerprint density at radius 2 is 1.35 bits per heavy atom. The molecular formula is C24H25N3O5S2. The third kappa shape index (κ3) is 7.00. The minimum Gasteiger partial charge on any atom is -0.497 e. The van der Waals surface area contributed by atoms with Crippen molar-refractivity contribution in [2.45, 2.75) is 28.9 Å². The van der Waals surface area contributed by atoms with Crippen LogP contribution in [0.1, 0.15) is 13.8 Å². The van der Waals surface area contributed by atoms with Gasteiger partial charge in [-0.2, -0.15) is 0 Å². The first-order valence-corrected chi connectivity index (χ1v) is 12.6. The van der Waals surface area contributed by atoms with Crippen molar-refractivity contribution in [3.8, 4) is 5.75 Å². The summed E-state index contributed by atoms with van der Waals surface area (Å²) in [6, 6.07) is 19.7. The molecule has 1 atom stereocenters. The first-order chi connectivity index (χ1) is 16.2. The van der Waals surface area contributed by atoms with E-state index in [1.54, 1.807) is 55.5 Å². The molecule has 10 heteroatoms. The highest BCUT2D eigenvalue weighted by Crippen LogP contribution is 2.26. The Bertz CT molecular complexity index is 1240. The van der Waals surface area contributed by atoms with Crippen LogP contribution in [-0.4, -0.2) is 32.6 Å². The molecule has 3 rings (SSSR count). The summed E-state index contributed by atoms with van der Waals surface area (Å²) in [5, 5.41) is 5.09. The van der Waals surface area contributed by atoms with Crippen molar-refractivity contribution in [3.05, 3.63) is 72.8 Å².